The highest BCUT2D eigenvalue weighted by Crippen LogP contribution is 2.34. The van der Waals surface area contributed by atoms with Crippen molar-refractivity contribution in [3.63, 3.8) is 0 Å². The zero-order chi connectivity index (χ0) is 15.6. The molecule has 0 aromatic heterocycles. The van der Waals surface area contributed by atoms with Gasteiger partial charge >= 0.3 is 5.97 Å². The van der Waals surface area contributed by atoms with Gasteiger partial charge in [-0.25, -0.2) is 4.79 Å². The highest BCUT2D eigenvalue weighted by Gasteiger charge is 2.43. The summed E-state index contributed by atoms with van der Waals surface area (Å²) in [7, 11) is 0. The molecule has 2 aliphatic rings. The van der Waals surface area contributed by atoms with E-state index in [-0.39, 0.29) is 11.8 Å². The lowest BCUT2D eigenvalue weighted by Gasteiger charge is -2.28. The fourth-order valence-electron chi connectivity index (χ4n) is 3.49. The first-order valence-electron chi connectivity index (χ1n) is 7.81. The van der Waals surface area contributed by atoms with Crippen molar-refractivity contribution < 1.29 is 14.7 Å². The molecule has 0 radical (unpaired) electrons. The molecular weight excluding hydrogens is 298 g/mol. The molecule has 2 N–H and O–H groups in total. The molecule has 4 nitrogen and oxygen atoms in total. The van der Waals surface area contributed by atoms with Crippen molar-refractivity contribution in [2.24, 2.45) is 0 Å². The summed E-state index contributed by atoms with van der Waals surface area (Å²) in [5, 5.41) is 12.3. The summed E-state index contributed by atoms with van der Waals surface area (Å²) in [4.78, 5) is 23.9. The molecule has 1 aliphatic heterocycles. The van der Waals surface area contributed by atoms with Gasteiger partial charge in [-0.05, 0) is 48.5 Å². The van der Waals surface area contributed by atoms with Crippen molar-refractivity contribution in [2.45, 2.75) is 43.6 Å². The summed E-state index contributed by atoms with van der Waals surface area (Å²) in [5.74, 6) is 0.431. The van der Waals surface area contributed by atoms with Gasteiger partial charge < -0.3 is 10.4 Å². The standard InChI is InChI=1S/C17H21NO3S/c19-15(18-17(16(20)21)8-9-22-11-17)10-13-6-3-5-12-4-1-2-7-14(12)13/h1-2,4,7,13H,3,5-6,8-11H2,(H,18,19)(H,20,21). The molecular formula is C17H21NO3S. The number of carbonyl (C=O) groups excluding carboxylic acids is 1. The quantitative estimate of drug-likeness (QED) is 0.895. The van der Waals surface area contributed by atoms with E-state index in [0.717, 1.165) is 25.0 Å². The minimum Gasteiger partial charge on any atom is -0.479 e. The Morgan fingerprint density at radius 1 is 1.36 bits per heavy atom. The van der Waals surface area contributed by atoms with Gasteiger partial charge in [-0.15, -0.1) is 0 Å². The molecule has 1 aromatic carbocycles. The lowest BCUT2D eigenvalue weighted by atomic mass is 9.81. The summed E-state index contributed by atoms with van der Waals surface area (Å²) in [5.41, 5.74) is 1.53. The molecule has 2 atom stereocenters. The monoisotopic (exact) mass is 319 g/mol. The van der Waals surface area contributed by atoms with Gasteiger partial charge in [-0.1, -0.05) is 24.3 Å². The number of nitrogens with one attached hydrogen (secondary N) is 1. The first kappa shape index (κ1) is 15.4. The number of rotatable bonds is 4. The van der Waals surface area contributed by atoms with Crippen molar-refractivity contribution in [3.05, 3.63) is 35.4 Å². The zero-order valence-electron chi connectivity index (χ0n) is 12.5. The SMILES string of the molecule is O=C(CC1CCCc2ccccc21)NC1(C(=O)O)CCSC1. The molecule has 1 saturated heterocycles. The number of hydrogen-bond donors (Lipinski definition) is 2. The molecule has 2 unspecified atom stereocenters. The van der Waals surface area contributed by atoms with Gasteiger partial charge in [-0.2, -0.15) is 11.8 Å². The largest absolute Gasteiger partial charge is 0.479 e. The number of hydrogen-bond acceptors (Lipinski definition) is 3. The Balaban J connectivity index is 1.69. The third-order valence-electron chi connectivity index (χ3n) is 4.74. The number of carbonyl (C=O) groups is 2. The molecule has 22 heavy (non-hydrogen) atoms. The molecule has 1 aliphatic carbocycles. The molecule has 1 fully saturated rings. The second-order valence-electron chi connectivity index (χ2n) is 6.23. The first-order valence-corrected chi connectivity index (χ1v) is 8.96. The van der Waals surface area contributed by atoms with Gasteiger partial charge in [0, 0.05) is 12.2 Å². The number of carboxylic acid groups (broad SMARTS) is 1. The zero-order valence-corrected chi connectivity index (χ0v) is 13.3. The van der Waals surface area contributed by atoms with Crippen LogP contribution in [-0.4, -0.2) is 34.0 Å². The smallest absolute Gasteiger partial charge is 0.330 e. The third kappa shape index (κ3) is 3.00. The van der Waals surface area contributed by atoms with Crippen LogP contribution in [0.5, 0.6) is 0 Å². The van der Waals surface area contributed by atoms with E-state index in [1.807, 2.05) is 12.1 Å². The van der Waals surface area contributed by atoms with E-state index in [2.05, 4.69) is 17.4 Å². The second kappa shape index (κ2) is 6.32. The summed E-state index contributed by atoms with van der Waals surface area (Å²) in [6.07, 6.45) is 4.06. The number of aliphatic carboxylic acids is 1. The fourth-order valence-corrected chi connectivity index (χ4v) is 4.82. The van der Waals surface area contributed by atoms with E-state index in [0.29, 0.717) is 18.6 Å². The lowest BCUT2D eigenvalue weighted by molar-refractivity contribution is -0.146. The van der Waals surface area contributed by atoms with Crippen LogP contribution in [0.3, 0.4) is 0 Å². The minimum atomic E-state index is -1.06. The Morgan fingerprint density at radius 3 is 2.91 bits per heavy atom. The molecule has 5 heteroatoms. The van der Waals surface area contributed by atoms with Crippen LogP contribution in [0.2, 0.25) is 0 Å². The van der Waals surface area contributed by atoms with E-state index in [9.17, 15) is 14.7 Å². The van der Waals surface area contributed by atoms with Gasteiger partial charge in [0.2, 0.25) is 5.91 Å². The van der Waals surface area contributed by atoms with Gasteiger partial charge in [-0.3, -0.25) is 4.79 Å². The molecule has 0 saturated carbocycles. The Morgan fingerprint density at radius 2 is 2.18 bits per heavy atom. The fraction of sp³-hybridized carbons (Fsp3) is 0.529. The molecule has 118 valence electrons. The normalized spacial score (nSPS) is 27.2. The van der Waals surface area contributed by atoms with Gasteiger partial charge in [0.1, 0.15) is 5.54 Å². The molecule has 1 aromatic rings. The molecule has 0 spiro atoms. The van der Waals surface area contributed by atoms with E-state index in [1.165, 1.54) is 11.1 Å². The topological polar surface area (TPSA) is 66.4 Å². The number of amides is 1. The van der Waals surface area contributed by atoms with Crippen LogP contribution in [0.1, 0.15) is 42.7 Å². The van der Waals surface area contributed by atoms with E-state index in [4.69, 9.17) is 0 Å². The van der Waals surface area contributed by atoms with Crippen LogP contribution in [0.25, 0.3) is 0 Å². The van der Waals surface area contributed by atoms with Crippen LogP contribution < -0.4 is 5.32 Å². The number of fused-ring (bicyclic) bond motifs is 1. The predicted molar refractivity (Wildman–Crippen MR) is 87.2 cm³/mol. The first-order chi connectivity index (χ1) is 10.6. The second-order valence-corrected chi connectivity index (χ2v) is 7.34. The summed E-state index contributed by atoms with van der Waals surface area (Å²) in [6, 6.07) is 8.29. The number of aryl methyl sites for hydroxylation is 1. The summed E-state index contributed by atoms with van der Waals surface area (Å²) >= 11 is 1.59. The van der Waals surface area contributed by atoms with Crippen LogP contribution >= 0.6 is 11.8 Å². The Hall–Kier alpha value is -1.49. The van der Waals surface area contributed by atoms with E-state index < -0.39 is 11.5 Å². The minimum absolute atomic E-state index is 0.133. The molecule has 0 bridgehead atoms. The lowest BCUT2D eigenvalue weighted by Crippen LogP contribution is -2.55. The van der Waals surface area contributed by atoms with E-state index in [1.54, 1.807) is 11.8 Å². The van der Waals surface area contributed by atoms with Crippen molar-refractivity contribution in [2.75, 3.05) is 11.5 Å². The average molecular weight is 319 g/mol. The molecule has 1 amide bonds. The Kier molecular flexibility index (Phi) is 4.43. The number of benzene rings is 1. The Bertz CT molecular complexity index is 581. The van der Waals surface area contributed by atoms with Crippen molar-refractivity contribution >= 4 is 23.6 Å². The van der Waals surface area contributed by atoms with Crippen LogP contribution in [0.15, 0.2) is 24.3 Å². The maximum absolute atomic E-state index is 12.4. The van der Waals surface area contributed by atoms with Crippen LogP contribution in [-0.2, 0) is 16.0 Å². The number of carboxylic acids is 1. The van der Waals surface area contributed by atoms with Gasteiger partial charge in [0.25, 0.3) is 0 Å². The van der Waals surface area contributed by atoms with E-state index >= 15 is 0 Å². The predicted octanol–water partition coefficient (Wildman–Crippen LogP) is 2.57. The maximum Gasteiger partial charge on any atom is 0.330 e. The number of thioether (sulfide) groups is 1. The summed E-state index contributed by atoms with van der Waals surface area (Å²) in [6.45, 7) is 0. The van der Waals surface area contributed by atoms with Gasteiger partial charge in [0.05, 0.1) is 0 Å². The van der Waals surface area contributed by atoms with Crippen LogP contribution in [0.4, 0.5) is 0 Å². The highest BCUT2D eigenvalue weighted by molar-refractivity contribution is 7.99. The average Bonchev–Trinajstić information content (AvgIpc) is 2.97. The van der Waals surface area contributed by atoms with Crippen molar-refractivity contribution in [1.29, 1.82) is 0 Å². The molecule has 3 rings (SSSR count). The summed E-state index contributed by atoms with van der Waals surface area (Å²) < 4.78 is 0. The highest BCUT2D eigenvalue weighted by atomic mass is 32.2. The Labute approximate surface area is 134 Å². The molecule has 1 heterocycles. The maximum atomic E-state index is 12.4. The van der Waals surface area contributed by atoms with Crippen molar-refractivity contribution in [1.82, 2.24) is 5.32 Å². The third-order valence-corrected chi connectivity index (χ3v) is 5.92. The van der Waals surface area contributed by atoms with Crippen LogP contribution in [0, 0.1) is 0 Å². The van der Waals surface area contributed by atoms with Crippen molar-refractivity contribution in [3.8, 4) is 0 Å². The van der Waals surface area contributed by atoms with Gasteiger partial charge in [0.15, 0.2) is 0 Å².